The Labute approximate surface area is 151 Å². The zero-order valence-corrected chi connectivity index (χ0v) is 16.1. The summed E-state index contributed by atoms with van der Waals surface area (Å²) in [7, 11) is -3.50. The molecule has 0 amide bonds. The highest BCUT2D eigenvalue weighted by Crippen LogP contribution is 2.25. The number of carbonyl (C=O) groups is 1. The van der Waals surface area contributed by atoms with Gasteiger partial charge in [-0.3, -0.25) is 4.79 Å². The second-order valence-corrected chi connectivity index (χ2v) is 9.11. The molecular formula is C21H26O3S. The number of Topliss-reactive ketones (excluding diaryl/α,β-unsaturated/α-hetero) is 1. The maximum absolute atomic E-state index is 12.8. The predicted octanol–water partition coefficient (Wildman–Crippen LogP) is 4.62. The number of hydrogen-bond acceptors (Lipinski definition) is 3. The lowest BCUT2D eigenvalue weighted by Gasteiger charge is -2.21. The van der Waals surface area contributed by atoms with Crippen LogP contribution in [0, 0.1) is 17.8 Å². The number of hydrogen-bond donors (Lipinski definition) is 0. The highest BCUT2D eigenvalue weighted by molar-refractivity contribution is 7.91. The first kappa shape index (κ1) is 19.4. The van der Waals surface area contributed by atoms with Gasteiger partial charge in [-0.05, 0) is 29.2 Å². The topological polar surface area (TPSA) is 51.2 Å². The monoisotopic (exact) mass is 358 g/mol. The third-order valence-electron chi connectivity index (χ3n) is 4.46. The fourth-order valence-electron chi connectivity index (χ4n) is 2.85. The average molecular weight is 359 g/mol. The van der Waals surface area contributed by atoms with Crippen molar-refractivity contribution >= 4 is 15.6 Å². The molecule has 0 saturated carbocycles. The van der Waals surface area contributed by atoms with E-state index in [9.17, 15) is 13.2 Å². The summed E-state index contributed by atoms with van der Waals surface area (Å²) in [4.78, 5) is 12.6. The molecule has 25 heavy (non-hydrogen) atoms. The highest BCUT2D eigenvalue weighted by Gasteiger charge is 2.30. The van der Waals surface area contributed by atoms with Crippen LogP contribution in [0.1, 0.15) is 27.7 Å². The number of rotatable bonds is 7. The molecule has 1 unspecified atom stereocenters. The SMILES string of the molecule is CC(C)C(=O)C(CS(=O)(=O)c1ccc(-c2ccccc2)cc1)C(C)C. The molecule has 0 saturated heterocycles. The van der Waals surface area contributed by atoms with E-state index >= 15 is 0 Å². The Hall–Kier alpha value is -1.94. The molecule has 2 aromatic carbocycles. The molecule has 1 atom stereocenters. The Morgan fingerprint density at radius 2 is 1.36 bits per heavy atom. The van der Waals surface area contributed by atoms with Gasteiger partial charge in [-0.25, -0.2) is 8.42 Å². The highest BCUT2D eigenvalue weighted by atomic mass is 32.2. The first-order chi connectivity index (χ1) is 11.7. The van der Waals surface area contributed by atoms with Crippen LogP contribution in [0.5, 0.6) is 0 Å². The minimum atomic E-state index is -3.50. The summed E-state index contributed by atoms with van der Waals surface area (Å²) in [5, 5.41) is 0. The molecule has 0 aliphatic carbocycles. The van der Waals surface area contributed by atoms with Crippen molar-refractivity contribution < 1.29 is 13.2 Å². The van der Waals surface area contributed by atoms with Crippen LogP contribution in [-0.2, 0) is 14.6 Å². The van der Waals surface area contributed by atoms with Gasteiger partial charge < -0.3 is 0 Å². The van der Waals surface area contributed by atoms with E-state index in [0.717, 1.165) is 11.1 Å². The summed E-state index contributed by atoms with van der Waals surface area (Å²) in [5.74, 6) is -0.763. The van der Waals surface area contributed by atoms with Gasteiger partial charge in [-0.15, -0.1) is 0 Å². The molecule has 0 aliphatic rings. The minimum absolute atomic E-state index is 0.00623. The Kier molecular flexibility index (Phi) is 6.17. The molecule has 0 heterocycles. The van der Waals surface area contributed by atoms with Gasteiger partial charge in [0, 0.05) is 11.8 Å². The van der Waals surface area contributed by atoms with Gasteiger partial charge in [-0.2, -0.15) is 0 Å². The normalized spacial score (nSPS) is 13.2. The van der Waals surface area contributed by atoms with E-state index in [2.05, 4.69) is 0 Å². The summed E-state index contributed by atoms with van der Waals surface area (Å²) in [6, 6.07) is 16.7. The third kappa shape index (κ3) is 4.79. The first-order valence-corrected chi connectivity index (χ1v) is 10.3. The van der Waals surface area contributed by atoms with E-state index in [1.165, 1.54) is 0 Å². The van der Waals surface area contributed by atoms with Gasteiger partial charge in [0.25, 0.3) is 0 Å². The van der Waals surface area contributed by atoms with E-state index in [0.29, 0.717) is 0 Å². The fraction of sp³-hybridized carbons (Fsp3) is 0.381. The largest absolute Gasteiger partial charge is 0.299 e. The molecule has 3 nitrogen and oxygen atoms in total. The second kappa shape index (κ2) is 7.96. The summed E-state index contributed by atoms with van der Waals surface area (Å²) in [5.41, 5.74) is 2.01. The molecule has 0 fully saturated rings. The van der Waals surface area contributed by atoms with Crippen molar-refractivity contribution in [2.24, 2.45) is 17.8 Å². The van der Waals surface area contributed by atoms with Crippen LogP contribution in [0.15, 0.2) is 59.5 Å². The van der Waals surface area contributed by atoms with Gasteiger partial charge in [0.1, 0.15) is 5.78 Å². The van der Waals surface area contributed by atoms with E-state index < -0.39 is 15.8 Å². The molecule has 0 bridgehead atoms. The van der Waals surface area contributed by atoms with Crippen molar-refractivity contribution in [3.05, 3.63) is 54.6 Å². The summed E-state index contributed by atoms with van der Waals surface area (Å²) in [6.45, 7) is 7.44. The van der Waals surface area contributed by atoms with Gasteiger partial charge in [0.05, 0.1) is 10.6 Å². The molecule has 0 radical (unpaired) electrons. The average Bonchev–Trinajstić information content (AvgIpc) is 2.59. The Balaban J connectivity index is 2.25. The van der Waals surface area contributed by atoms with Crippen molar-refractivity contribution in [3.63, 3.8) is 0 Å². The zero-order valence-electron chi connectivity index (χ0n) is 15.3. The maximum atomic E-state index is 12.8. The molecule has 2 aromatic rings. The lowest BCUT2D eigenvalue weighted by atomic mass is 9.88. The lowest BCUT2D eigenvalue weighted by Crippen LogP contribution is -2.31. The molecule has 0 aromatic heterocycles. The van der Waals surface area contributed by atoms with Gasteiger partial charge >= 0.3 is 0 Å². The van der Waals surface area contributed by atoms with E-state index in [1.54, 1.807) is 12.1 Å². The number of sulfone groups is 1. The van der Waals surface area contributed by atoms with Crippen LogP contribution in [0.4, 0.5) is 0 Å². The summed E-state index contributed by atoms with van der Waals surface area (Å²) in [6.07, 6.45) is 0. The van der Waals surface area contributed by atoms with E-state index in [-0.39, 0.29) is 28.3 Å². The van der Waals surface area contributed by atoms with Crippen molar-refractivity contribution in [3.8, 4) is 11.1 Å². The van der Waals surface area contributed by atoms with Crippen LogP contribution >= 0.6 is 0 Å². The van der Waals surface area contributed by atoms with Crippen LogP contribution < -0.4 is 0 Å². The standard InChI is InChI=1S/C21H26O3S/c1-15(2)20(21(22)16(3)4)14-25(23,24)19-12-10-18(11-13-19)17-8-6-5-7-9-17/h5-13,15-16,20H,14H2,1-4H3. The number of carbonyl (C=O) groups excluding carboxylic acids is 1. The molecule has 2 rings (SSSR count). The van der Waals surface area contributed by atoms with Crippen molar-refractivity contribution in [2.45, 2.75) is 32.6 Å². The second-order valence-electron chi connectivity index (χ2n) is 7.08. The first-order valence-electron chi connectivity index (χ1n) is 8.64. The van der Waals surface area contributed by atoms with Crippen molar-refractivity contribution in [1.82, 2.24) is 0 Å². The smallest absolute Gasteiger partial charge is 0.179 e. The van der Waals surface area contributed by atoms with Crippen LogP contribution in [0.3, 0.4) is 0 Å². The van der Waals surface area contributed by atoms with Crippen molar-refractivity contribution in [1.29, 1.82) is 0 Å². The summed E-state index contributed by atoms with van der Waals surface area (Å²) >= 11 is 0. The van der Waals surface area contributed by atoms with Gasteiger partial charge in [0.15, 0.2) is 9.84 Å². The van der Waals surface area contributed by atoms with Crippen LogP contribution in [-0.4, -0.2) is 20.0 Å². The van der Waals surface area contributed by atoms with Crippen molar-refractivity contribution in [2.75, 3.05) is 5.75 Å². The molecule has 4 heteroatoms. The Morgan fingerprint density at radius 1 is 0.840 bits per heavy atom. The maximum Gasteiger partial charge on any atom is 0.179 e. The van der Waals surface area contributed by atoms with Crippen LogP contribution in [0.2, 0.25) is 0 Å². The Morgan fingerprint density at radius 3 is 1.84 bits per heavy atom. The predicted molar refractivity (Wildman–Crippen MR) is 102 cm³/mol. The Bertz CT molecular complexity index is 804. The number of ketones is 1. The lowest BCUT2D eigenvalue weighted by molar-refractivity contribution is -0.126. The van der Waals surface area contributed by atoms with Gasteiger partial charge in [-0.1, -0.05) is 70.2 Å². The van der Waals surface area contributed by atoms with Crippen LogP contribution in [0.25, 0.3) is 11.1 Å². The molecule has 134 valence electrons. The third-order valence-corrected chi connectivity index (χ3v) is 6.25. The quantitative estimate of drug-likeness (QED) is 0.725. The molecular weight excluding hydrogens is 332 g/mol. The van der Waals surface area contributed by atoms with E-state index in [4.69, 9.17) is 0 Å². The summed E-state index contributed by atoms with van der Waals surface area (Å²) < 4.78 is 25.5. The van der Waals surface area contributed by atoms with E-state index in [1.807, 2.05) is 70.2 Å². The van der Waals surface area contributed by atoms with Gasteiger partial charge in [0.2, 0.25) is 0 Å². The fourth-order valence-corrected chi connectivity index (χ4v) is 4.61. The minimum Gasteiger partial charge on any atom is -0.299 e. The zero-order chi connectivity index (χ0) is 18.6. The molecule has 0 N–H and O–H groups in total. The number of benzene rings is 2. The molecule has 0 aliphatic heterocycles. The molecule has 0 spiro atoms.